The summed E-state index contributed by atoms with van der Waals surface area (Å²) in [5, 5.41) is 9.33. The number of carbonyl (C=O) groups is 1. The van der Waals surface area contributed by atoms with Gasteiger partial charge in [-0.3, -0.25) is 4.79 Å². The van der Waals surface area contributed by atoms with E-state index in [0.29, 0.717) is 18.7 Å². The van der Waals surface area contributed by atoms with Crippen LogP contribution in [-0.4, -0.2) is 45.8 Å². The van der Waals surface area contributed by atoms with Gasteiger partial charge in [0, 0.05) is 38.9 Å². The van der Waals surface area contributed by atoms with E-state index in [1.807, 2.05) is 55.5 Å². The van der Waals surface area contributed by atoms with Gasteiger partial charge in [0.1, 0.15) is 5.75 Å². The first-order valence-electron chi connectivity index (χ1n) is 10.2. The second-order valence-corrected chi connectivity index (χ2v) is 6.62. The molecule has 1 amide bonds. The van der Waals surface area contributed by atoms with Gasteiger partial charge in [-0.15, -0.1) is 24.0 Å². The van der Waals surface area contributed by atoms with Crippen molar-refractivity contribution in [2.45, 2.75) is 26.4 Å². The number of benzene rings is 2. The minimum absolute atomic E-state index is 0. The quantitative estimate of drug-likeness (QED) is 0.176. The molecule has 2 rings (SSSR count). The van der Waals surface area contributed by atoms with Crippen LogP contribution in [0.1, 0.15) is 34.8 Å². The Bertz CT molecular complexity index is 795. The summed E-state index contributed by atoms with van der Waals surface area (Å²) in [6.45, 7) is 5.36. The fraction of sp³-hybridized carbons (Fsp3) is 0.391. The molecular formula is C23H33IN4O3. The third-order valence-electron chi connectivity index (χ3n) is 4.44. The molecule has 0 saturated carbocycles. The maximum absolute atomic E-state index is 11.7. The van der Waals surface area contributed by atoms with Crippen molar-refractivity contribution >= 4 is 35.8 Å². The van der Waals surface area contributed by atoms with E-state index >= 15 is 0 Å². The van der Waals surface area contributed by atoms with E-state index in [1.54, 1.807) is 14.2 Å². The Morgan fingerprint density at radius 2 is 1.68 bits per heavy atom. The summed E-state index contributed by atoms with van der Waals surface area (Å²) in [6.07, 6.45) is 0.901. The smallest absolute Gasteiger partial charge is 0.251 e. The molecule has 0 aromatic heterocycles. The molecule has 7 nitrogen and oxygen atoms in total. The van der Waals surface area contributed by atoms with Crippen LogP contribution in [0.25, 0.3) is 0 Å². The predicted octanol–water partition coefficient (Wildman–Crippen LogP) is 3.33. The molecular weight excluding hydrogens is 507 g/mol. The predicted molar refractivity (Wildman–Crippen MR) is 135 cm³/mol. The summed E-state index contributed by atoms with van der Waals surface area (Å²) in [5.74, 6) is 1.47. The summed E-state index contributed by atoms with van der Waals surface area (Å²) in [7, 11) is 3.28. The van der Waals surface area contributed by atoms with E-state index < -0.39 is 0 Å². The number of aliphatic imine (C=N–C) groups is 1. The zero-order valence-corrected chi connectivity index (χ0v) is 20.8. The lowest BCUT2D eigenvalue weighted by atomic mass is 10.1. The molecule has 0 saturated heterocycles. The Labute approximate surface area is 202 Å². The van der Waals surface area contributed by atoms with Gasteiger partial charge in [-0.2, -0.15) is 0 Å². The van der Waals surface area contributed by atoms with Crippen LogP contribution in [-0.2, 0) is 17.8 Å². The van der Waals surface area contributed by atoms with E-state index in [2.05, 4.69) is 16.0 Å². The number of amides is 1. The number of hydrogen-bond donors (Lipinski definition) is 3. The van der Waals surface area contributed by atoms with Gasteiger partial charge in [0.25, 0.3) is 5.91 Å². The van der Waals surface area contributed by atoms with Crippen molar-refractivity contribution in [2.24, 2.45) is 4.99 Å². The first-order valence-corrected chi connectivity index (χ1v) is 10.2. The van der Waals surface area contributed by atoms with Crippen molar-refractivity contribution in [2.75, 3.05) is 33.9 Å². The fourth-order valence-corrected chi connectivity index (χ4v) is 2.71. The van der Waals surface area contributed by atoms with Crippen molar-refractivity contribution in [3.05, 3.63) is 65.2 Å². The number of hydrogen-bond acceptors (Lipinski definition) is 4. The molecule has 0 bridgehead atoms. The van der Waals surface area contributed by atoms with Crippen LogP contribution in [0.5, 0.6) is 5.75 Å². The normalized spacial score (nSPS) is 10.7. The van der Waals surface area contributed by atoms with Crippen LogP contribution in [0.3, 0.4) is 0 Å². The number of nitrogens with zero attached hydrogens (tertiary/aromatic N) is 1. The number of guanidine groups is 1. The summed E-state index contributed by atoms with van der Waals surface area (Å²) < 4.78 is 10.6. The average Bonchev–Trinajstić information content (AvgIpc) is 2.80. The van der Waals surface area contributed by atoms with Gasteiger partial charge >= 0.3 is 0 Å². The Morgan fingerprint density at radius 1 is 1.00 bits per heavy atom. The average molecular weight is 540 g/mol. The van der Waals surface area contributed by atoms with Crippen molar-refractivity contribution in [3.63, 3.8) is 0 Å². The van der Waals surface area contributed by atoms with Crippen molar-refractivity contribution in [1.82, 2.24) is 16.0 Å². The molecule has 0 atom stereocenters. The Hall–Kier alpha value is -2.33. The largest absolute Gasteiger partial charge is 0.497 e. The molecule has 0 fully saturated rings. The van der Waals surface area contributed by atoms with Gasteiger partial charge in [-0.25, -0.2) is 4.99 Å². The molecule has 0 aliphatic rings. The van der Waals surface area contributed by atoms with Gasteiger partial charge in [-0.1, -0.05) is 24.3 Å². The minimum atomic E-state index is -0.0905. The molecule has 0 aliphatic carbocycles. The lowest BCUT2D eigenvalue weighted by molar-refractivity contribution is 0.0963. The first-order chi connectivity index (χ1) is 14.7. The highest BCUT2D eigenvalue weighted by Gasteiger charge is 2.04. The van der Waals surface area contributed by atoms with Crippen LogP contribution in [0, 0.1) is 0 Å². The highest BCUT2D eigenvalue weighted by molar-refractivity contribution is 14.0. The van der Waals surface area contributed by atoms with Gasteiger partial charge in [0.2, 0.25) is 0 Å². The number of methoxy groups -OCH3 is 1. The van der Waals surface area contributed by atoms with E-state index in [0.717, 1.165) is 49.0 Å². The molecule has 8 heteroatoms. The third-order valence-corrected chi connectivity index (χ3v) is 4.44. The third kappa shape index (κ3) is 10.0. The molecule has 2 aromatic carbocycles. The summed E-state index contributed by atoms with van der Waals surface area (Å²) in [4.78, 5) is 16.4. The van der Waals surface area contributed by atoms with E-state index in [-0.39, 0.29) is 29.9 Å². The molecule has 0 spiro atoms. The summed E-state index contributed by atoms with van der Waals surface area (Å²) in [6, 6.07) is 15.4. The second-order valence-electron chi connectivity index (χ2n) is 6.62. The Kier molecular flexibility index (Phi) is 13.3. The Balaban J connectivity index is 0.00000480. The highest BCUT2D eigenvalue weighted by atomic mass is 127. The van der Waals surface area contributed by atoms with E-state index in [1.165, 1.54) is 0 Å². The molecule has 31 heavy (non-hydrogen) atoms. The topological polar surface area (TPSA) is 84.0 Å². The van der Waals surface area contributed by atoms with Crippen molar-refractivity contribution < 1.29 is 14.3 Å². The molecule has 0 aliphatic heterocycles. The number of nitrogens with one attached hydrogen (secondary N) is 3. The first kappa shape index (κ1) is 26.7. The number of halogens is 1. The Morgan fingerprint density at radius 3 is 2.29 bits per heavy atom. The van der Waals surface area contributed by atoms with Crippen LogP contribution in [0.4, 0.5) is 0 Å². The SMILES string of the molecule is CCOCCCNC(=NCc1ccc(OC)cc1)NCc1ccc(C(=O)NC)cc1.I. The zero-order valence-electron chi connectivity index (χ0n) is 18.4. The van der Waals surface area contributed by atoms with Gasteiger partial charge in [0.15, 0.2) is 5.96 Å². The summed E-state index contributed by atoms with van der Waals surface area (Å²) in [5.41, 5.74) is 2.81. The molecule has 0 radical (unpaired) electrons. The maximum Gasteiger partial charge on any atom is 0.251 e. The van der Waals surface area contributed by atoms with E-state index in [9.17, 15) is 4.79 Å². The lowest BCUT2D eigenvalue weighted by Crippen LogP contribution is -2.37. The lowest BCUT2D eigenvalue weighted by Gasteiger charge is -2.13. The number of rotatable bonds is 11. The minimum Gasteiger partial charge on any atom is -0.497 e. The maximum atomic E-state index is 11.7. The number of ether oxygens (including phenoxy) is 2. The van der Waals surface area contributed by atoms with E-state index in [4.69, 9.17) is 14.5 Å². The van der Waals surface area contributed by atoms with Gasteiger partial charge in [-0.05, 0) is 48.7 Å². The zero-order chi connectivity index (χ0) is 21.6. The monoisotopic (exact) mass is 540 g/mol. The van der Waals surface area contributed by atoms with Crippen molar-refractivity contribution in [3.8, 4) is 5.75 Å². The molecule has 170 valence electrons. The standard InChI is InChI=1S/C23H32N4O3.HI/c1-4-30-15-5-14-25-23(27-17-19-8-12-21(29-3)13-9-19)26-16-18-6-10-20(11-7-18)22(28)24-2;/h6-13H,4-5,14-17H2,1-3H3,(H,24,28)(H2,25,26,27);1H. The highest BCUT2D eigenvalue weighted by Crippen LogP contribution is 2.12. The molecule has 3 N–H and O–H groups in total. The molecule has 2 aromatic rings. The number of carbonyl (C=O) groups excluding carboxylic acids is 1. The van der Waals surface area contributed by atoms with Crippen LogP contribution in [0.2, 0.25) is 0 Å². The second kappa shape index (κ2) is 15.5. The van der Waals surface area contributed by atoms with Crippen molar-refractivity contribution in [1.29, 1.82) is 0 Å². The van der Waals surface area contributed by atoms with Crippen LogP contribution < -0.4 is 20.7 Å². The van der Waals surface area contributed by atoms with Crippen LogP contribution in [0.15, 0.2) is 53.5 Å². The van der Waals surface area contributed by atoms with Crippen LogP contribution >= 0.6 is 24.0 Å². The van der Waals surface area contributed by atoms with Gasteiger partial charge < -0.3 is 25.4 Å². The fourth-order valence-electron chi connectivity index (χ4n) is 2.71. The van der Waals surface area contributed by atoms with Gasteiger partial charge in [0.05, 0.1) is 13.7 Å². The molecule has 0 unspecified atom stereocenters. The molecule has 0 heterocycles. The summed E-state index contributed by atoms with van der Waals surface area (Å²) >= 11 is 0.